The first-order valence-electron chi connectivity index (χ1n) is 6.32. The summed E-state index contributed by atoms with van der Waals surface area (Å²) in [6, 6.07) is 8.17. The third-order valence-corrected chi connectivity index (χ3v) is 3.73. The second-order valence-corrected chi connectivity index (χ2v) is 5.77. The maximum absolute atomic E-state index is 11.7. The van der Waals surface area contributed by atoms with Gasteiger partial charge in [-0.25, -0.2) is 0 Å². The third kappa shape index (κ3) is 5.09. The molecule has 0 fully saturated rings. The van der Waals surface area contributed by atoms with E-state index < -0.39 is 0 Å². The van der Waals surface area contributed by atoms with Crippen molar-refractivity contribution in [3.8, 4) is 0 Å². The molecule has 100 valence electrons. The number of rotatable bonds is 6. The van der Waals surface area contributed by atoms with Gasteiger partial charge >= 0.3 is 0 Å². The van der Waals surface area contributed by atoms with Crippen molar-refractivity contribution in [3.63, 3.8) is 0 Å². The van der Waals surface area contributed by atoms with E-state index in [-0.39, 0.29) is 11.3 Å². The van der Waals surface area contributed by atoms with Gasteiger partial charge in [0.05, 0.1) is 0 Å². The maximum atomic E-state index is 11.7. The summed E-state index contributed by atoms with van der Waals surface area (Å²) in [6.07, 6.45) is 1.32. The summed E-state index contributed by atoms with van der Waals surface area (Å²) in [5.41, 5.74) is 2.44. The van der Waals surface area contributed by atoms with Gasteiger partial charge in [-0.05, 0) is 29.9 Å². The SMILES string of the molecule is Cc1ccccc1CCC(=O)NCC(C)(C)CCl. The lowest BCUT2D eigenvalue weighted by molar-refractivity contribution is -0.121. The lowest BCUT2D eigenvalue weighted by Crippen LogP contribution is -2.35. The number of alkyl halides is 1. The molecule has 18 heavy (non-hydrogen) atoms. The lowest BCUT2D eigenvalue weighted by atomic mass is 9.96. The van der Waals surface area contributed by atoms with E-state index in [1.165, 1.54) is 11.1 Å². The van der Waals surface area contributed by atoms with Crippen molar-refractivity contribution in [2.75, 3.05) is 12.4 Å². The second kappa shape index (κ2) is 6.79. The van der Waals surface area contributed by atoms with Gasteiger partial charge in [0.25, 0.3) is 0 Å². The van der Waals surface area contributed by atoms with Crippen LogP contribution in [0.2, 0.25) is 0 Å². The molecule has 2 nitrogen and oxygen atoms in total. The molecule has 0 aliphatic carbocycles. The van der Waals surface area contributed by atoms with Crippen LogP contribution >= 0.6 is 11.6 Å². The number of halogens is 1. The lowest BCUT2D eigenvalue weighted by Gasteiger charge is -2.21. The number of carbonyl (C=O) groups excluding carboxylic acids is 1. The molecule has 1 aromatic carbocycles. The Labute approximate surface area is 115 Å². The smallest absolute Gasteiger partial charge is 0.220 e. The van der Waals surface area contributed by atoms with Crippen molar-refractivity contribution in [1.29, 1.82) is 0 Å². The van der Waals surface area contributed by atoms with Crippen LogP contribution in [0.15, 0.2) is 24.3 Å². The highest BCUT2D eigenvalue weighted by molar-refractivity contribution is 6.18. The predicted octanol–water partition coefficient (Wildman–Crippen LogP) is 3.31. The molecule has 1 rings (SSSR count). The molecular weight excluding hydrogens is 246 g/mol. The first kappa shape index (κ1) is 15.0. The van der Waals surface area contributed by atoms with E-state index in [4.69, 9.17) is 11.6 Å². The average molecular weight is 268 g/mol. The van der Waals surface area contributed by atoms with E-state index in [1.54, 1.807) is 0 Å². The van der Waals surface area contributed by atoms with Gasteiger partial charge in [0.2, 0.25) is 5.91 Å². The van der Waals surface area contributed by atoms with Crippen LogP contribution in [0.3, 0.4) is 0 Å². The Kier molecular flexibility index (Phi) is 5.67. The number of nitrogens with one attached hydrogen (secondary N) is 1. The molecule has 0 spiro atoms. The molecule has 0 aliphatic heterocycles. The van der Waals surface area contributed by atoms with Crippen molar-refractivity contribution >= 4 is 17.5 Å². The minimum atomic E-state index is -0.0418. The van der Waals surface area contributed by atoms with Crippen LogP contribution in [-0.4, -0.2) is 18.3 Å². The zero-order valence-corrected chi connectivity index (χ0v) is 12.2. The quantitative estimate of drug-likeness (QED) is 0.788. The Balaban J connectivity index is 2.36. The van der Waals surface area contributed by atoms with E-state index >= 15 is 0 Å². The van der Waals surface area contributed by atoms with E-state index in [0.29, 0.717) is 18.8 Å². The Bertz CT molecular complexity index is 401. The highest BCUT2D eigenvalue weighted by atomic mass is 35.5. The predicted molar refractivity (Wildman–Crippen MR) is 77.0 cm³/mol. The third-order valence-electron chi connectivity index (χ3n) is 3.01. The molecule has 1 amide bonds. The molecule has 0 aliphatic rings. The summed E-state index contributed by atoms with van der Waals surface area (Å²) in [5, 5.41) is 2.94. The van der Waals surface area contributed by atoms with E-state index in [2.05, 4.69) is 24.4 Å². The largest absolute Gasteiger partial charge is 0.356 e. The van der Waals surface area contributed by atoms with Gasteiger partial charge in [-0.3, -0.25) is 4.79 Å². The van der Waals surface area contributed by atoms with Gasteiger partial charge in [0, 0.05) is 18.8 Å². The summed E-state index contributed by atoms with van der Waals surface area (Å²) in [6.45, 7) is 6.79. The number of hydrogen-bond donors (Lipinski definition) is 1. The summed E-state index contributed by atoms with van der Waals surface area (Å²) < 4.78 is 0. The maximum Gasteiger partial charge on any atom is 0.220 e. The summed E-state index contributed by atoms with van der Waals surface area (Å²) in [4.78, 5) is 11.7. The van der Waals surface area contributed by atoms with Crippen molar-refractivity contribution in [2.45, 2.75) is 33.6 Å². The number of carbonyl (C=O) groups is 1. The van der Waals surface area contributed by atoms with Crippen LogP contribution in [0.1, 0.15) is 31.4 Å². The van der Waals surface area contributed by atoms with Crippen LogP contribution in [0.5, 0.6) is 0 Å². The number of hydrogen-bond acceptors (Lipinski definition) is 1. The Morgan fingerprint density at radius 3 is 2.61 bits per heavy atom. The molecule has 0 heterocycles. The fourth-order valence-electron chi connectivity index (χ4n) is 1.61. The Hall–Kier alpha value is -1.02. The molecule has 1 N–H and O–H groups in total. The molecular formula is C15H22ClNO. The molecule has 1 aromatic rings. The monoisotopic (exact) mass is 267 g/mol. The van der Waals surface area contributed by atoms with Gasteiger partial charge in [-0.1, -0.05) is 38.1 Å². The second-order valence-electron chi connectivity index (χ2n) is 5.50. The van der Waals surface area contributed by atoms with Crippen LogP contribution in [0.25, 0.3) is 0 Å². The van der Waals surface area contributed by atoms with E-state index in [0.717, 1.165) is 6.42 Å². The fraction of sp³-hybridized carbons (Fsp3) is 0.533. The zero-order chi connectivity index (χ0) is 13.6. The van der Waals surface area contributed by atoms with Crippen LogP contribution in [-0.2, 0) is 11.2 Å². The summed E-state index contributed by atoms with van der Waals surface area (Å²) in [5.74, 6) is 0.641. The van der Waals surface area contributed by atoms with Crippen molar-refractivity contribution in [3.05, 3.63) is 35.4 Å². The van der Waals surface area contributed by atoms with Gasteiger partial charge in [-0.2, -0.15) is 0 Å². The van der Waals surface area contributed by atoms with Crippen molar-refractivity contribution in [1.82, 2.24) is 5.32 Å². The molecule has 0 aromatic heterocycles. The van der Waals surface area contributed by atoms with Gasteiger partial charge in [0.1, 0.15) is 0 Å². The van der Waals surface area contributed by atoms with Gasteiger partial charge in [0.15, 0.2) is 0 Å². The molecule has 0 unspecified atom stereocenters. The fourth-order valence-corrected chi connectivity index (χ4v) is 1.71. The molecule has 0 bridgehead atoms. The van der Waals surface area contributed by atoms with Gasteiger partial charge in [-0.15, -0.1) is 11.6 Å². The minimum absolute atomic E-state index is 0.0418. The highest BCUT2D eigenvalue weighted by Crippen LogP contribution is 2.15. The normalized spacial score (nSPS) is 11.3. The summed E-state index contributed by atoms with van der Waals surface area (Å²) >= 11 is 5.82. The molecule has 0 saturated carbocycles. The molecule has 0 saturated heterocycles. The highest BCUT2D eigenvalue weighted by Gasteiger charge is 2.17. The number of benzene rings is 1. The standard InChI is InChI=1S/C15H22ClNO/c1-12-6-4-5-7-13(12)8-9-14(18)17-11-15(2,3)10-16/h4-7H,8-11H2,1-3H3,(H,17,18). The average Bonchev–Trinajstić information content (AvgIpc) is 2.35. The molecule has 0 radical (unpaired) electrons. The van der Waals surface area contributed by atoms with Crippen LogP contribution in [0.4, 0.5) is 0 Å². The van der Waals surface area contributed by atoms with Crippen molar-refractivity contribution < 1.29 is 4.79 Å². The summed E-state index contributed by atoms with van der Waals surface area (Å²) in [7, 11) is 0. The van der Waals surface area contributed by atoms with Gasteiger partial charge < -0.3 is 5.32 Å². The number of aryl methyl sites for hydroxylation is 2. The zero-order valence-electron chi connectivity index (χ0n) is 11.4. The Morgan fingerprint density at radius 1 is 1.33 bits per heavy atom. The minimum Gasteiger partial charge on any atom is -0.356 e. The van der Waals surface area contributed by atoms with Crippen LogP contribution in [0, 0.1) is 12.3 Å². The number of amides is 1. The van der Waals surface area contributed by atoms with E-state index in [9.17, 15) is 4.79 Å². The van der Waals surface area contributed by atoms with Crippen molar-refractivity contribution in [2.24, 2.45) is 5.41 Å². The first-order chi connectivity index (χ1) is 8.44. The molecule has 0 atom stereocenters. The first-order valence-corrected chi connectivity index (χ1v) is 6.85. The Morgan fingerprint density at radius 2 is 2.00 bits per heavy atom. The topological polar surface area (TPSA) is 29.1 Å². The van der Waals surface area contributed by atoms with Crippen LogP contribution < -0.4 is 5.32 Å². The van der Waals surface area contributed by atoms with E-state index in [1.807, 2.05) is 26.0 Å². The molecule has 3 heteroatoms.